The molecule has 0 saturated carbocycles. The first kappa shape index (κ1) is 27.4. The normalized spacial score (nSPS) is 12.0. The lowest BCUT2D eigenvalue weighted by atomic mass is 10.0. The van der Waals surface area contributed by atoms with Gasteiger partial charge in [-0.1, -0.05) is 76.6 Å². The maximum Gasteiger partial charge on any atom is 0.244 e. The maximum atomic E-state index is 13.8. The second-order valence-electron chi connectivity index (χ2n) is 8.35. The minimum Gasteiger partial charge on any atom is -0.355 e. The lowest BCUT2D eigenvalue weighted by Crippen LogP contribution is -2.53. The molecule has 0 spiro atoms. The van der Waals surface area contributed by atoms with Crippen LogP contribution in [0.3, 0.4) is 0 Å². The lowest BCUT2D eigenvalue weighted by Gasteiger charge is -2.33. The van der Waals surface area contributed by atoms with E-state index >= 15 is 0 Å². The highest BCUT2D eigenvalue weighted by Crippen LogP contribution is 2.22. The number of amides is 2. The molecule has 3 aromatic rings. The molecule has 0 bridgehead atoms. The van der Waals surface area contributed by atoms with Gasteiger partial charge in [-0.2, -0.15) is 0 Å². The molecule has 190 valence electrons. The van der Waals surface area contributed by atoms with Gasteiger partial charge in [0.15, 0.2) is 0 Å². The Bertz CT molecular complexity index is 1250. The van der Waals surface area contributed by atoms with E-state index < -0.39 is 28.5 Å². The maximum absolute atomic E-state index is 13.8. The first-order chi connectivity index (χ1) is 17.2. The van der Waals surface area contributed by atoms with E-state index in [1.54, 1.807) is 24.3 Å². The van der Waals surface area contributed by atoms with Gasteiger partial charge in [0.05, 0.1) is 11.9 Å². The molecule has 0 aromatic heterocycles. The third-order valence-corrected chi connectivity index (χ3v) is 7.28. The van der Waals surface area contributed by atoms with Crippen LogP contribution in [0.2, 0.25) is 0 Å². The number of rotatable bonds is 11. The molecule has 3 aromatic carbocycles. The molecule has 0 fully saturated rings. The van der Waals surface area contributed by atoms with E-state index in [1.807, 2.05) is 67.6 Å². The fourth-order valence-electron chi connectivity index (χ4n) is 3.85. The highest BCUT2D eigenvalue weighted by molar-refractivity contribution is 9.10. The molecule has 0 saturated heterocycles. The van der Waals surface area contributed by atoms with Crippen molar-refractivity contribution in [1.82, 2.24) is 10.2 Å². The Morgan fingerprint density at radius 3 is 1.97 bits per heavy atom. The summed E-state index contributed by atoms with van der Waals surface area (Å²) < 4.78 is 27.2. The van der Waals surface area contributed by atoms with Crippen LogP contribution < -0.4 is 9.62 Å². The topological polar surface area (TPSA) is 86.8 Å². The number of benzene rings is 3. The average Bonchev–Trinajstić information content (AvgIpc) is 2.86. The molecular weight excluding hydrogens is 542 g/mol. The third-order valence-electron chi connectivity index (χ3n) is 5.61. The van der Waals surface area contributed by atoms with Gasteiger partial charge in [-0.05, 0) is 42.3 Å². The molecule has 0 unspecified atom stereocenters. The van der Waals surface area contributed by atoms with Crippen molar-refractivity contribution in [3.63, 3.8) is 0 Å². The largest absolute Gasteiger partial charge is 0.355 e. The van der Waals surface area contributed by atoms with E-state index in [0.717, 1.165) is 26.2 Å². The second kappa shape index (κ2) is 12.7. The number of likely N-dealkylation sites (N-methyl/N-ethyl adjacent to an activating group) is 1. The molecule has 2 amide bonds. The van der Waals surface area contributed by atoms with Gasteiger partial charge in [-0.15, -0.1) is 0 Å². The molecule has 3 rings (SSSR count). The lowest BCUT2D eigenvalue weighted by molar-refractivity contribution is -0.140. The highest BCUT2D eigenvalue weighted by atomic mass is 79.9. The van der Waals surface area contributed by atoms with Crippen LogP contribution in [0.5, 0.6) is 0 Å². The number of halogens is 1. The van der Waals surface area contributed by atoms with Crippen molar-refractivity contribution in [2.24, 2.45) is 0 Å². The zero-order valence-corrected chi connectivity index (χ0v) is 22.7. The molecule has 0 aliphatic heterocycles. The van der Waals surface area contributed by atoms with Crippen molar-refractivity contribution in [2.75, 3.05) is 23.7 Å². The van der Waals surface area contributed by atoms with Crippen molar-refractivity contribution >= 4 is 43.5 Å². The standard InChI is InChI=1S/C27H30BrN3O4S/c1-3-29-27(33)25(18-21-10-6-4-7-11-21)30(19-22-12-8-5-9-13-22)26(32)20-31(36(2,34)35)24-16-14-23(28)15-17-24/h4-17,25H,3,18-20H2,1-2H3,(H,29,33)/t25-/m1/s1. The van der Waals surface area contributed by atoms with Gasteiger partial charge in [0, 0.05) is 24.0 Å². The number of hydrogen-bond acceptors (Lipinski definition) is 4. The van der Waals surface area contributed by atoms with E-state index in [1.165, 1.54) is 4.90 Å². The summed E-state index contributed by atoms with van der Waals surface area (Å²) in [5, 5.41) is 2.84. The number of nitrogens with zero attached hydrogens (tertiary/aromatic N) is 2. The fraction of sp³-hybridized carbons (Fsp3) is 0.259. The van der Waals surface area contributed by atoms with E-state index in [4.69, 9.17) is 0 Å². The molecule has 1 N–H and O–H groups in total. The predicted molar refractivity (Wildman–Crippen MR) is 146 cm³/mol. The molecule has 0 heterocycles. The van der Waals surface area contributed by atoms with Crippen molar-refractivity contribution < 1.29 is 18.0 Å². The van der Waals surface area contributed by atoms with Gasteiger partial charge in [-0.25, -0.2) is 8.42 Å². The minimum absolute atomic E-state index is 0.159. The van der Waals surface area contributed by atoms with Crippen molar-refractivity contribution in [2.45, 2.75) is 25.9 Å². The van der Waals surface area contributed by atoms with E-state index in [2.05, 4.69) is 21.2 Å². The molecule has 0 radical (unpaired) electrons. The van der Waals surface area contributed by atoms with Crippen molar-refractivity contribution in [1.29, 1.82) is 0 Å². The summed E-state index contributed by atoms with van der Waals surface area (Å²) in [5.41, 5.74) is 2.10. The van der Waals surface area contributed by atoms with Gasteiger partial charge in [0.2, 0.25) is 21.8 Å². The number of carbonyl (C=O) groups excluding carboxylic acids is 2. The van der Waals surface area contributed by atoms with Crippen LogP contribution in [-0.4, -0.2) is 50.5 Å². The molecular formula is C27H30BrN3O4S. The summed E-state index contributed by atoms with van der Waals surface area (Å²) in [5.74, 6) is -0.764. The molecule has 36 heavy (non-hydrogen) atoms. The van der Waals surface area contributed by atoms with Gasteiger partial charge < -0.3 is 10.2 Å². The first-order valence-electron chi connectivity index (χ1n) is 11.6. The van der Waals surface area contributed by atoms with E-state index in [-0.39, 0.29) is 12.5 Å². The quantitative estimate of drug-likeness (QED) is 0.377. The van der Waals surface area contributed by atoms with Gasteiger partial charge >= 0.3 is 0 Å². The van der Waals surface area contributed by atoms with Crippen LogP contribution in [0.4, 0.5) is 5.69 Å². The Kier molecular flexibility index (Phi) is 9.66. The summed E-state index contributed by atoms with van der Waals surface area (Å²) in [6.45, 7) is 1.95. The third kappa shape index (κ3) is 7.66. The van der Waals surface area contributed by atoms with E-state index in [9.17, 15) is 18.0 Å². The zero-order valence-electron chi connectivity index (χ0n) is 20.3. The van der Waals surface area contributed by atoms with Crippen LogP contribution in [0, 0.1) is 0 Å². The Hall–Kier alpha value is -3.17. The van der Waals surface area contributed by atoms with E-state index in [0.29, 0.717) is 18.7 Å². The summed E-state index contributed by atoms with van der Waals surface area (Å²) in [6, 6.07) is 24.7. The van der Waals surface area contributed by atoms with Gasteiger partial charge in [-0.3, -0.25) is 13.9 Å². The summed E-state index contributed by atoms with van der Waals surface area (Å²) in [4.78, 5) is 28.5. The van der Waals surface area contributed by atoms with Crippen LogP contribution in [0.15, 0.2) is 89.4 Å². The Labute approximate surface area is 221 Å². The molecule has 0 aliphatic rings. The number of nitrogens with one attached hydrogen (secondary N) is 1. The number of hydrogen-bond donors (Lipinski definition) is 1. The Morgan fingerprint density at radius 2 is 1.44 bits per heavy atom. The van der Waals surface area contributed by atoms with Crippen LogP contribution in [0.25, 0.3) is 0 Å². The van der Waals surface area contributed by atoms with Gasteiger partial charge in [0.1, 0.15) is 12.6 Å². The smallest absolute Gasteiger partial charge is 0.244 e. The van der Waals surface area contributed by atoms with Gasteiger partial charge in [0.25, 0.3) is 0 Å². The molecule has 0 aliphatic carbocycles. The Morgan fingerprint density at radius 1 is 0.889 bits per heavy atom. The van der Waals surface area contributed by atoms with Crippen LogP contribution in [0.1, 0.15) is 18.1 Å². The SMILES string of the molecule is CCNC(=O)[C@@H](Cc1ccccc1)N(Cc1ccccc1)C(=O)CN(c1ccc(Br)cc1)S(C)(=O)=O. The summed E-state index contributed by atoms with van der Waals surface area (Å²) >= 11 is 3.35. The zero-order chi connectivity index (χ0) is 26.1. The minimum atomic E-state index is -3.78. The highest BCUT2D eigenvalue weighted by Gasteiger charge is 2.32. The predicted octanol–water partition coefficient (Wildman–Crippen LogP) is 3.99. The number of anilines is 1. The number of sulfonamides is 1. The molecule has 9 heteroatoms. The fourth-order valence-corrected chi connectivity index (χ4v) is 4.96. The first-order valence-corrected chi connectivity index (χ1v) is 14.2. The summed E-state index contributed by atoms with van der Waals surface area (Å²) in [6.07, 6.45) is 1.36. The van der Waals surface area contributed by atoms with Crippen molar-refractivity contribution in [3.05, 3.63) is 101 Å². The average molecular weight is 573 g/mol. The molecule has 1 atom stereocenters. The monoisotopic (exact) mass is 571 g/mol. The second-order valence-corrected chi connectivity index (χ2v) is 11.2. The molecule has 7 nitrogen and oxygen atoms in total. The Balaban J connectivity index is 2.00. The number of carbonyl (C=O) groups is 2. The van der Waals surface area contributed by atoms with Crippen LogP contribution in [-0.2, 0) is 32.6 Å². The summed E-state index contributed by atoms with van der Waals surface area (Å²) in [7, 11) is -3.78. The van der Waals surface area contributed by atoms with Crippen molar-refractivity contribution in [3.8, 4) is 0 Å². The van der Waals surface area contributed by atoms with Crippen LogP contribution >= 0.6 is 15.9 Å².